The number of aliphatic hydroxyl groups is 1. The van der Waals surface area contributed by atoms with Gasteiger partial charge in [0, 0.05) is 42.8 Å². The molecule has 2 aliphatic rings. The van der Waals surface area contributed by atoms with Gasteiger partial charge in [-0.15, -0.1) is 11.3 Å². The van der Waals surface area contributed by atoms with Gasteiger partial charge in [0.25, 0.3) is 0 Å². The molecule has 0 radical (unpaired) electrons. The molecule has 29 heavy (non-hydrogen) atoms. The number of ether oxygens (including phenoxy) is 2. The molecule has 0 spiro atoms. The summed E-state index contributed by atoms with van der Waals surface area (Å²) in [6.07, 6.45) is 2.42. The molecule has 156 valence electrons. The molecule has 1 aliphatic heterocycles. The summed E-state index contributed by atoms with van der Waals surface area (Å²) in [7, 11) is 0. The molecule has 1 aromatic heterocycles. The van der Waals surface area contributed by atoms with E-state index in [1.165, 1.54) is 10.4 Å². The highest BCUT2D eigenvalue weighted by Gasteiger charge is 2.45. The molecule has 1 aliphatic carbocycles. The first kappa shape index (κ1) is 20.7. The predicted octanol–water partition coefficient (Wildman–Crippen LogP) is 3.36. The van der Waals surface area contributed by atoms with Crippen molar-refractivity contribution in [3.63, 3.8) is 0 Å². The minimum absolute atomic E-state index is 0.0297. The van der Waals surface area contributed by atoms with Crippen LogP contribution >= 0.6 is 11.3 Å². The number of hydrogen-bond donors (Lipinski definition) is 1. The second kappa shape index (κ2) is 9.96. The Bertz CT molecular complexity index is 774. The lowest BCUT2D eigenvalue weighted by atomic mass is 9.94. The third-order valence-corrected chi connectivity index (χ3v) is 7.07. The molecule has 2 fully saturated rings. The second-order valence-corrected chi connectivity index (χ2v) is 8.80. The quantitative estimate of drug-likeness (QED) is 0.670. The highest BCUT2D eigenvalue weighted by Crippen LogP contribution is 2.37. The summed E-state index contributed by atoms with van der Waals surface area (Å²) in [5.41, 5.74) is 2.38. The molecule has 4 atom stereocenters. The zero-order valence-electron chi connectivity index (χ0n) is 16.6. The fourth-order valence-electron chi connectivity index (χ4n) is 4.66. The van der Waals surface area contributed by atoms with E-state index in [1.807, 2.05) is 6.07 Å². The van der Waals surface area contributed by atoms with Crippen LogP contribution in [0.1, 0.15) is 24.8 Å². The number of carbonyl (C=O) groups excluding carboxylic acids is 1. The van der Waals surface area contributed by atoms with Crippen LogP contribution in [0.25, 0.3) is 10.4 Å². The van der Waals surface area contributed by atoms with E-state index in [0.29, 0.717) is 32.7 Å². The topological polar surface area (TPSA) is 59.0 Å². The standard InChI is InChI=1S/C23H29NO4S/c25-10-4-7-19-21(14-20(26)23(19)24-8-11-27-12-9-24)28-15-17-13-22(29-16-17)18-5-2-1-3-6-18/h1-3,5-6,10,13,16,19-21,23,26H,4,7-9,11-12,14-15H2/t19-,20+,21-,23+/m1/s1. The SMILES string of the molecule is O=CCC[C@H]1[C@H](N2CCOCC2)[C@@H](O)C[C@H]1OCc1csc(-c2ccccc2)c1. The summed E-state index contributed by atoms with van der Waals surface area (Å²) in [5.74, 6) is 0.167. The van der Waals surface area contributed by atoms with Crippen LogP contribution in [0.3, 0.4) is 0 Å². The minimum Gasteiger partial charge on any atom is -0.391 e. The first-order chi connectivity index (χ1) is 14.3. The molecule has 0 amide bonds. The van der Waals surface area contributed by atoms with Crippen LogP contribution in [0.15, 0.2) is 41.8 Å². The van der Waals surface area contributed by atoms with E-state index >= 15 is 0 Å². The van der Waals surface area contributed by atoms with Gasteiger partial charge >= 0.3 is 0 Å². The Labute approximate surface area is 176 Å². The molecule has 1 saturated carbocycles. The fraction of sp³-hybridized carbons (Fsp3) is 0.522. The Morgan fingerprint density at radius 3 is 2.79 bits per heavy atom. The molecule has 5 nitrogen and oxygen atoms in total. The summed E-state index contributed by atoms with van der Waals surface area (Å²) in [6, 6.07) is 12.6. The Morgan fingerprint density at radius 1 is 1.24 bits per heavy atom. The highest BCUT2D eigenvalue weighted by atomic mass is 32.1. The lowest BCUT2D eigenvalue weighted by Crippen LogP contribution is -2.50. The number of rotatable bonds is 8. The second-order valence-electron chi connectivity index (χ2n) is 7.88. The van der Waals surface area contributed by atoms with E-state index < -0.39 is 6.10 Å². The van der Waals surface area contributed by atoms with Crippen LogP contribution < -0.4 is 0 Å². The van der Waals surface area contributed by atoms with Gasteiger partial charge in [-0.25, -0.2) is 0 Å². The number of benzene rings is 1. The molecule has 0 bridgehead atoms. The Kier molecular flexibility index (Phi) is 7.11. The van der Waals surface area contributed by atoms with E-state index in [-0.39, 0.29) is 18.1 Å². The van der Waals surface area contributed by atoms with Crippen LogP contribution in [0, 0.1) is 5.92 Å². The molecule has 4 rings (SSSR count). The van der Waals surface area contributed by atoms with Crippen LogP contribution in [-0.2, 0) is 20.9 Å². The molecule has 2 heterocycles. The molecule has 1 saturated heterocycles. The molecular formula is C23H29NO4S. The summed E-state index contributed by atoms with van der Waals surface area (Å²) in [4.78, 5) is 14.6. The molecule has 6 heteroatoms. The first-order valence-electron chi connectivity index (χ1n) is 10.4. The number of aliphatic hydroxyl groups excluding tert-OH is 1. The Morgan fingerprint density at radius 2 is 2.03 bits per heavy atom. The van der Waals surface area contributed by atoms with E-state index in [4.69, 9.17) is 9.47 Å². The Balaban J connectivity index is 1.41. The smallest absolute Gasteiger partial charge is 0.120 e. The zero-order chi connectivity index (χ0) is 20.1. The van der Waals surface area contributed by atoms with Gasteiger partial charge in [0.2, 0.25) is 0 Å². The van der Waals surface area contributed by atoms with Crippen molar-refractivity contribution in [2.75, 3.05) is 26.3 Å². The van der Waals surface area contributed by atoms with Crippen molar-refractivity contribution in [3.8, 4) is 10.4 Å². The molecule has 1 aromatic carbocycles. The Hall–Kier alpha value is -1.57. The summed E-state index contributed by atoms with van der Waals surface area (Å²) in [5, 5.41) is 12.9. The van der Waals surface area contributed by atoms with E-state index in [2.05, 4.69) is 40.6 Å². The number of nitrogens with zero attached hydrogens (tertiary/aromatic N) is 1. The van der Waals surface area contributed by atoms with Crippen molar-refractivity contribution >= 4 is 17.6 Å². The number of carbonyl (C=O) groups is 1. The summed E-state index contributed by atoms with van der Waals surface area (Å²) in [6.45, 7) is 3.60. The van der Waals surface area contributed by atoms with Crippen molar-refractivity contribution in [2.45, 2.75) is 44.1 Å². The average Bonchev–Trinajstić information content (AvgIpc) is 3.36. The molecule has 2 aromatic rings. The van der Waals surface area contributed by atoms with Crippen LogP contribution in [0.5, 0.6) is 0 Å². The van der Waals surface area contributed by atoms with Gasteiger partial charge < -0.3 is 19.4 Å². The first-order valence-corrected chi connectivity index (χ1v) is 11.3. The lowest BCUT2D eigenvalue weighted by molar-refractivity contribution is -0.108. The average molecular weight is 416 g/mol. The minimum atomic E-state index is -0.419. The van der Waals surface area contributed by atoms with E-state index in [1.54, 1.807) is 11.3 Å². The number of aldehydes is 1. The van der Waals surface area contributed by atoms with Gasteiger partial charge in [-0.2, -0.15) is 0 Å². The summed E-state index contributed by atoms with van der Waals surface area (Å²) < 4.78 is 11.8. The van der Waals surface area contributed by atoms with Gasteiger partial charge in [-0.1, -0.05) is 30.3 Å². The van der Waals surface area contributed by atoms with Gasteiger partial charge in [-0.3, -0.25) is 4.90 Å². The largest absolute Gasteiger partial charge is 0.391 e. The molecule has 1 N–H and O–H groups in total. The van der Waals surface area contributed by atoms with Crippen molar-refractivity contribution in [1.29, 1.82) is 0 Å². The van der Waals surface area contributed by atoms with Crippen LogP contribution in [0.2, 0.25) is 0 Å². The van der Waals surface area contributed by atoms with Crippen molar-refractivity contribution in [1.82, 2.24) is 4.90 Å². The third kappa shape index (κ3) is 4.95. The van der Waals surface area contributed by atoms with Gasteiger partial charge in [0.15, 0.2) is 0 Å². The molecule has 0 unspecified atom stereocenters. The third-order valence-electron chi connectivity index (χ3n) is 6.05. The van der Waals surface area contributed by atoms with Gasteiger partial charge in [-0.05, 0) is 29.0 Å². The number of morpholine rings is 1. The highest BCUT2D eigenvalue weighted by molar-refractivity contribution is 7.13. The van der Waals surface area contributed by atoms with Crippen molar-refractivity contribution in [3.05, 3.63) is 47.3 Å². The normalized spacial score (nSPS) is 27.9. The van der Waals surface area contributed by atoms with Crippen molar-refractivity contribution < 1.29 is 19.4 Å². The van der Waals surface area contributed by atoms with Crippen molar-refractivity contribution in [2.24, 2.45) is 5.92 Å². The van der Waals surface area contributed by atoms with Crippen LogP contribution in [0.4, 0.5) is 0 Å². The maximum Gasteiger partial charge on any atom is 0.120 e. The molecular weight excluding hydrogens is 386 g/mol. The lowest BCUT2D eigenvalue weighted by Gasteiger charge is -2.37. The maximum absolute atomic E-state index is 11.0. The fourth-order valence-corrected chi connectivity index (χ4v) is 5.57. The van der Waals surface area contributed by atoms with Gasteiger partial charge in [0.1, 0.15) is 6.29 Å². The van der Waals surface area contributed by atoms with E-state index in [0.717, 1.165) is 31.4 Å². The van der Waals surface area contributed by atoms with Gasteiger partial charge in [0.05, 0.1) is 32.0 Å². The number of thiophene rings is 1. The summed E-state index contributed by atoms with van der Waals surface area (Å²) >= 11 is 1.73. The monoisotopic (exact) mass is 415 g/mol. The van der Waals surface area contributed by atoms with E-state index in [9.17, 15) is 9.90 Å². The maximum atomic E-state index is 11.0. The predicted molar refractivity (Wildman–Crippen MR) is 114 cm³/mol. The van der Waals surface area contributed by atoms with Crippen LogP contribution in [-0.4, -0.2) is 60.8 Å². The number of hydrogen-bond acceptors (Lipinski definition) is 6. The zero-order valence-corrected chi connectivity index (χ0v) is 17.4.